The van der Waals surface area contributed by atoms with Gasteiger partial charge in [0.05, 0.1) is 12.5 Å². The van der Waals surface area contributed by atoms with Gasteiger partial charge in [0.2, 0.25) is 5.91 Å². The van der Waals surface area contributed by atoms with Gasteiger partial charge in [-0.2, -0.15) is 0 Å². The van der Waals surface area contributed by atoms with E-state index >= 15 is 0 Å². The van der Waals surface area contributed by atoms with Gasteiger partial charge in [-0.05, 0) is 49.2 Å². The van der Waals surface area contributed by atoms with Crippen LogP contribution in [-0.2, 0) is 4.79 Å². The smallest absolute Gasteiger partial charge is 0.252 e. The van der Waals surface area contributed by atoms with E-state index in [0.29, 0.717) is 17.0 Å². The highest BCUT2D eigenvalue weighted by Gasteiger charge is 2.29. The van der Waals surface area contributed by atoms with Crippen LogP contribution in [0.4, 0.5) is 5.82 Å². The summed E-state index contributed by atoms with van der Waals surface area (Å²) in [7, 11) is 0. The van der Waals surface area contributed by atoms with Crippen LogP contribution >= 0.6 is 0 Å². The Morgan fingerprint density at radius 1 is 1.15 bits per heavy atom. The fraction of sp³-hybridized carbons (Fsp3) is 0.200. The van der Waals surface area contributed by atoms with Crippen molar-refractivity contribution in [2.45, 2.75) is 26.3 Å². The Kier molecular flexibility index (Phi) is 3.88. The quantitative estimate of drug-likeness (QED) is 0.763. The third-order valence-electron chi connectivity index (χ3n) is 4.55. The maximum absolute atomic E-state index is 12.4. The number of anilines is 1. The molecule has 0 spiro atoms. The number of nitrogens with one attached hydrogen (secondary N) is 2. The summed E-state index contributed by atoms with van der Waals surface area (Å²) in [5.41, 5.74) is 4.08. The molecule has 3 aromatic rings. The number of rotatable bonds is 3. The van der Waals surface area contributed by atoms with E-state index in [2.05, 4.69) is 20.6 Å². The van der Waals surface area contributed by atoms with Gasteiger partial charge in [-0.25, -0.2) is 9.97 Å². The molecule has 0 saturated carbocycles. The molecule has 6 nitrogen and oxygen atoms in total. The maximum Gasteiger partial charge on any atom is 0.252 e. The van der Waals surface area contributed by atoms with Crippen molar-refractivity contribution in [3.63, 3.8) is 0 Å². The Balaban J connectivity index is 1.52. The molecule has 0 saturated heterocycles. The second-order valence-corrected chi connectivity index (χ2v) is 6.51. The molecule has 0 radical (unpaired) electrons. The largest absolute Gasteiger partial charge is 0.345 e. The minimum atomic E-state index is -0.318. The Labute approximate surface area is 150 Å². The lowest BCUT2D eigenvalue weighted by molar-refractivity contribution is -0.116. The molecule has 1 aromatic carbocycles. The summed E-state index contributed by atoms with van der Waals surface area (Å²) in [6.07, 6.45) is 0.156. The van der Waals surface area contributed by atoms with Crippen LogP contribution in [0.5, 0.6) is 0 Å². The van der Waals surface area contributed by atoms with E-state index in [0.717, 1.165) is 22.2 Å². The average molecular weight is 346 g/mol. The zero-order valence-corrected chi connectivity index (χ0v) is 14.5. The predicted molar refractivity (Wildman–Crippen MR) is 98.9 cm³/mol. The topological polar surface area (TPSA) is 84.0 Å². The number of aryl methyl sites for hydroxylation is 2. The number of benzene rings is 1. The molecule has 0 bridgehead atoms. The number of hydrogen-bond acceptors (Lipinski definition) is 4. The first kappa shape index (κ1) is 16.2. The van der Waals surface area contributed by atoms with Crippen LogP contribution in [0.3, 0.4) is 0 Å². The number of carbonyl (C=O) groups is 2. The van der Waals surface area contributed by atoms with Gasteiger partial charge in [0.25, 0.3) is 5.91 Å². The molecule has 3 heterocycles. The summed E-state index contributed by atoms with van der Waals surface area (Å²) in [4.78, 5) is 33.3. The highest BCUT2D eigenvalue weighted by atomic mass is 16.2. The van der Waals surface area contributed by atoms with Crippen LogP contribution in [0.15, 0.2) is 42.5 Å². The van der Waals surface area contributed by atoms with Gasteiger partial charge in [-0.1, -0.05) is 18.2 Å². The molecule has 26 heavy (non-hydrogen) atoms. The molecule has 1 unspecified atom stereocenters. The van der Waals surface area contributed by atoms with Crippen LogP contribution < -0.4 is 10.6 Å². The molecular weight excluding hydrogens is 328 g/mol. The molecular formula is C20H18N4O2. The molecule has 1 aliphatic rings. The van der Waals surface area contributed by atoms with Gasteiger partial charge in [0.1, 0.15) is 5.82 Å². The van der Waals surface area contributed by atoms with Crippen molar-refractivity contribution < 1.29 is 9.59 Å². The lowest BCUT2D eigenvalue weighted by Gasteiger charge is -2.12. The summed E-state index contributed by atoms with van der Waals surface area (Å²) in [5, 5.41) is 6.62. The van der Waals surface area contributed by atoms with E-state index in [1.165, 1.54) is 0 Å². The lowest BCUT2D eigenvalue weighted by Crippen LogP contribution is -2.24. The number of aromatic nitrogens is 2. The van der Waals surface area contributed by atoms with Gasteiger partial charge in [0.15, 0.2) is 5.65 Å². The van der Waals surface area contributed by atoms with Crippen LogP contribution in [-0.4, -0.2) is 21.8 Å². The standard InChI is InChI=1S/C20H18N4O2/c1-11-9-12(2)21-19-13(11)7-8-17(24-19)23-18(25)10-16-14-5-3-4-6-15(14)20(26)22-16/h3-9,16H,10H2,1-2H3,(H,22,26)(H,21,23,24,25). The third kappa shape index (κ3) is 2.90. The van der Waals surface area contributed by atoms with Crippen molar-refractivity contribution in [2.24, 2.45) is 0 Å². The van der Waals surface area contributed by atoms with E-state index in [4.69, 9.17) is 0 Å². The molecule has 6 heteroatoms. The number of amides is 2. The lowest BCUT2D eigenvalue weighted by atomic mass is 10.0. The Hall–Kier alpha value is -3.28. The molecule has 4 rings (SSSR count). The number of carbonyl (C=O) groups excluding carboxylic acids is 2. The van der Waals surface area contributed by atoms with E-state index < -0.39 is 0 Å². The van der Waals surface area contributed by atoms with Crippen LogP contribution in [0, 0.1) is 13.8 Å². The first-order valence-corrected chi connectivity index (χ1v) is 8.46. The van der Waals surface area contributed by atoms with Crippen molar-refractivity contribution >= 4 is 28.7 Å². The van der Waals surface area contributed by atoms with Crippen molar-refractivity contribution in [1.29, 1.82) is 0 Å². The molecule has 1 aliphatic heterocycles. The SMILES string of the molecule is Cc1cc(C)c2ccc(NC(=O)CC3NC(=O)c4ccccc43)nc2n1. The minimum Gasteiger partial charge on any atom is -0.345 e. The van der Waals surface area contributed by atoms with E-state index in [9.17, 15) is 9.59 Å². The molecule has 0 fully saturated rings. The van der Waals surface area contributed by atoms with Crippen LogP contribution in [0.2, 0.25) is 0 Å². The van der Waals surface area contributed by atoms with Crippen molar-refractivity contribution in [3.8, 4) is 0 Å². The van der Waals surface area contributed by atoms with Gasteiger partial charge in [-0.3, -0.25) is 9.59 Å². The molecule has 2 amide bonds. The third-order valence-corrected chi connectivity index (χ3v) is 4.55. The zero-order valence-electron chi connectivity index (χ0n) is 14.5. The van der Waals surface area contributed by atoms with Gasteiger partial charge >= 0.3 is 0 Å². The summed E-state index contributed by atoms with van der Waals surface area (Å²) >= 11 is 0. The van der Waals surface area contributed by atoms with Crippen molar-refractivity contribution in [3.05, 3.63) is 64.8 Å². The van der Waals surface area contributed by atoms with Crippen LogP contribution in [0.1, 0.15) is 39.6 Å². The highest BCUT2D eigenvalue weighted by Crippen LogP contribution is 2.27. The summed E-state index contributed by atoms with van der Waals surface area (Å²) in [6.45, 7) is 3.93. The van der Waals surface area contributed by atoms with Gasteiger partial charge < -0.3 is 10.6 Å². The Morgan fingerprint density at radius 2 is 1.96 bits per heavy atom. The number of nitrogens with zero attached hydrogens (tertiary/aromatic N) is 2. The second kappa shape index (κ2) is 6.22. The zero-order chi connectivity index (χ0) is 18.3. The van der Waals surface area contributed by atoms with Gasteiger partial charge in [-0.15, -0.1) is 0 Å². The van der Waals surface area contributed by atoms with Crippen molar-refractivity contribution in [1.82, 2.24) is 15.3 Å². The highest BCUT2D eigenvalue weighted by molar-refractivity contribution is 6.00. The van der Waals surface area contributed by atoms with E-state index in [-0.39, 0.29) is 24.3 Å². The fourth-order valence-corrected chi connectivity index (χ4v) is 3.36. The number of pyridine rings is 2. The number of fused-ring (bicyclic) bond motifs is 2. The first-order chi connectivity index (χ1) is 12.5. The Bertz CT molecular complexity index is 1050. The summed E-state index contributed by atoms with van der Waals surface area (Å²) in [5.74, 6) is 0.109. The average Bonchev–Trinajstić information content (AvgIpc) is 2.90. The normalized spacial score (nSPS) is 15.6. The van der Waals surface area contributed by atoms with E-state index in [1.54, 1.807) is 12.1 Å². The van der Waals surface area contributed by atoms with Gasteiger partial charge in [0, 0.05) is 16.6 Å². The summed E-state index contributed by atoms with van der Waals surface area (Å²) < 4.78 is 0. The molecule has 1 atom stereocenters. The summed E-state index contributed by atoms with van der Waals surface area (Å²) in [6, 6.07) is 12.7. The monoisotopic (exact) mass is 346 g/mol. The predicted octanol–water partition coefficient (Wildman–Crippen LogP) is 3.06. The molecule has 130 valence electrons. The van der Waals surface area contributed by atoms with Crippen LogP contribution in [0.25, 0.3) is 11.0 Å². The number of hydrogen-bond donors (Lipinski definition) is 2. The minimum absolute atomic E-state index is 0.141. The first-order valence-electron chi connectivity index (χ1n) is 8.46. The Morgan fingerprint density at radius 3 is 2.81 bits per heavy atom. The molecule has 0 aliphatic carbocycles. The molecule has 2 aromatic heterocycles. The fourth-order valence-electron chi connectivity index (χ4n) is 3.36. The molecule has 2 N–H and O–H groups in total. The van der Waals surface area contributed by atoms with E-state index in [1.807, 2.05) is 44.2 Å². The maximum atomic E-state index is 12.4. The second-order valence-electron chi connectivity index (χ2n) is 6.51. The van der Waals surface area contributed by atoms with Crippen molar-refractivity contribution in [2.75, 3.05) is 5.32 Å².